The predicted molar refractivity (Wildman–Crippen MR) is 161 cm³/mol. The number of aliphatic hydroxyl groups is 1. The molecule has 0 radical (unpaired) electrons. The number of benzene rings is 3. The molecule has 2 atom stereocenters. The standard InChI is InChI=1S/C30H38O2.4CH4/c1-3-9-27(28-10-6-5-7-11-28)13-8-12-26(4-2)29-18-14-25(15-19-29)23-32-30-20-16-24(22-31)17-21-30;;;;/h5-7,10-11,14-21,26-27,31H,3-4,8-9,12-13,22-23H2,1-2H3;4*1H4. The van der Waals surface area contributed by atoms with Gasteiger partial charge in [-0.05, 0) is 71.9 Å². The number of rotatable bonds is 13. The molecule has 2 unspecified atom stereocenters. The Morgan fingerprint density at radius 1 is 0.639 bits per heavy atom. The van der Waals surface area contributed by atoms with Crippen LogP contribution in [0, 0.1) is 0 Å². The fourth-order valence-corrected chi connectivity index (χ4v) is 4.51. The topological polar surface area (TPSA) is 29.5 Å². The number of aliphatic hydroxyl groups excluding tert-OH is 1. The normalized spacial score (nSPS) is 11.5. The maximum absolute atomic E-state index is 9.14. The molecule has 0 amide bonds. The molecule has 0 fully saturated rings. The lowest BCUT2D eigenvalue weighted by Crippen LogP contribution is -2.03. The van der Waals surface area contributed by atoms with Gasteiger partial charge in [0.1, 0.15) is 12.4 Å². The molecule has 1 N–H and O–H groups in total. The van der Waals surface area contributed by atoms with Crippen LogP contribution in [0.25, 0.3) is 0 Å². The summed E-state index contributed by atoms with van der Waals surface area (Å²) in [4.78, 5) is 0. The van der Waals surface area contributed by atoms with Crippen LogP contribution in [0.2, 0.25) is 0 Å². The molecular formula is C34H54O2. The second kappa shape index (κ2) is 19.6. The fraction of sp³-hybridized carbons (Fsp3) is 0.471. The van der Waals surface area contributed by atoms with Crippen LogP contribution in [0.5, 0.6) is 5.75 Å². The van der Waals surface area contributed by atoms with Crippen LogP contribution >= 0.6 is 0 Å². The second-order valence-electron chi connectivity index (χ2n) is 8.76. The van der Waals surface area contributed by atoms with E-state index in [9.17, 15) is 0 Å². The summed E-state index contributed by atoms with van der Waals surface area (Å²) in [5, 5.41) is 9.14. The van der Waals surface area contributed by atoms with E-state index in [1.54, 1.807) is 0 Å². The third-order valence-electron chi connectivity index (χ3n) is 6.47. The molecule has 0 heterocycles. The maximum Gasteiger partial charge on any atom is 0.119 e. The lowest BCUT2D eigenvalue weighted by atomic mass is 9.85. The highest BCUT2D eigenvalue weighted by atomic mass is 16.5. The Bertz CT molecular complexity index is 885. The number of hydrogen-bond acceptors (Lipinski definition) is 2. The molecule has 3 aromatic carbocycles. The summed E-state index contributed by atoms with van der Waals surface area (Å²) in [6, 6.07) is 27.6. The first kappa shape index (κ1) is 35.6. The molecule has 3 aromatic rings. The monoisotopic (exact) mass is 494 g/mol. The van der Waals surface area contributed by atoms with E-state index in [1.807, 2.05) is 24.3 Å². The molecule has 202 valence electrons. The van der Waals surface area contributed by atoms with E-state index in [1.165, 1.54) is 55.2 Å². The molecular weight excluding hydrogens is 440 g/mol. The molecule has 0 saturated carbocycles. The fourth-order valence-electron chi connectivity index (χ4n) is 4.51. The summed E-state index contributed by atoms with van der Waals surface area (Å²) in [5.74, 6) is 2.14. The van der Waals surface area contributed by atoms with Crippen LogP contribution in [0.4, 0.5) is 0 Å². The summed E-state index contributed by atoms with van der Waals surface area (Å²) in [7, 11) is 0. The number of ether oxygens (including phenoxy) is 1. The molecule has 2 heteroatoms. The maximum atomic E-state index is 9.14. The lowest BCUT2D eigenvalue weighted by molar-refractivity contribution is 0.280. The summed E-state index contributed by atoms with van der Waals surface area (Å²) in [5.41, 5.74) is 5.02. The highest BCUT2D eigenvalue weighted by Crippen LogP contribution is 2.31. The van der Waals surface area contributed by atoms with Crippen LogP contribution in [-0.4, -0.2) is 5.11 Å². The largest absolute Gasteiger partial charge is 0.489 e. The van der Waals surface area contributed by atoms with Gasteiger partial charge in [0.25, 0.3) is 0 Å². The second-order valence-corrected chi connectivity index (χ2v) is 8.76. The van der Waals surface area contributed by atoms with Crippen LogP contribution in [0.1, 0.15) is 116 Å². The minimum atomic E-state index is 0. The minimum absolute atomic E-state index is 0. The smallest absolute Gasteiger partial charge is 0.119 e. The quantitative estimate of drug-likeness (QED) is 0.256. The van der Waals surface area contributed by atoms with Gasteiger partial charge in [0.05, 0.1) is 6.61 Å². The average molecular weight is 495 g/mol. The van der Waals surface area contributed by atoms with E-state index < -0.39 is 0 Å². The van der Waals surface area contributed by atoms with Crippen molar-refractivity contribution in [2.45, 2.75) is 107 Å². The molecule has 0 spiro atoms. The van der Waals surface area contributed by atoms with Gasteiger partial charge in [0, 0.05) is 0 Å². The molecule has 36 heavy (non-hydrogen) atoms. The Hall–Kier alpha value is -2.58. The molecule has 2 nitrogen and oxygen atoms in total. The first-order chi connectivity index (χ1) is 15.7. The van der Waals surface area contributed by atoms with Gasteiger partial charge in [0.15, 0.2) is 0 Å². The van der Waals surface area contributed by atoms with Gasteiger partial charge in [-0.25, -0.2) is 0 Å². The van der Waals surface area contributed by atoms with Crippen molar-refractivity contribution < 1.29 is 9.84 Å². The third-order valence-corrected chi connectivity index (χ3v) is 6.47. The Balaban J connectivity index is 0. The van der Waals surface area contributed by atoms with Gasteiger partial charge in [-0.1, -0.05) is 123 Å². The van der Waals surface area contributed by atoms with Gasteiger partial charge in [-0.3, -0.25) is 0 Å². The Morgan fingerprint density at radius 2 is 1.19 bits per heavy atom. The first-order valence-electron chi connectivity index (χ1n) is 12.2. The first-order valence-corrected chi connectivity index (χ1v) is 12.2. The highest BCUT2D eigenvalue weighted by Gasteiger charge is 2.14. The molecule has 0 aliphatic rings. The highest BCUT2D eigenvalue weighted by molar-refractivity contribution is 5.29. The van der Waals surface area contributed by atoms with E-state index in [-0.39, 0.29) is 36.3 Å². The Kier molecular flexibility index (Phi) is 19.4. The van der Waals surface area contributed by atoms with Crippen molar-refractivity contribution >= 4 is 0 Å². The van der Waals surface area contributed by atoms with Gasteiger partial charge in [0.2, 0.25) is 0 Å². The van der Waals surface area contributed by atoms with Crippen molar-refractivity contribution in [1.29, 1.82) is 0 Å². The van der Waals surface area contributed by atoms with E-state index in [2.05, 4.69) is 68.4 Å². The van der Waals surface area contributed by atoms with Crippen LogP contribution in [0.3, 0.4) is 0 Å². The SMILES string of the molecule is C.C.C.C.CCCC(CCCC(CC)c1ccc(COc2ccc(CO)cc2)cc1)c1ccccc1. The third kappa shape index (κ3) is 11.0. The minimum Gasteiger partial charge on any atom is -0.489 e. The van der Waals surface area contributed by atoms with Crippen LogP contribution < -0.4 is 4.74 Å². The lowest BCUT2D eigenvalue weighted by Gasteiger charge is -2.20. The van der Waals surface area contributed by atoms with E-state index >= 15 is 0 Å². The van der Waals surface area contributed by atoms with Gasteiger partial charge < -0.3 is 9.84 Å². The van der Waals surface area contributed by atoms with Crippen molar-refractivity contribution in [3.63, 3.8) is 0 Å². The zero-order valence-corrected chi connectivity index (χ0v) is 19.7. The predicted octanol–water partition coefficient (Wildman–Crippen LogP) is 10.6. The number of hydrogen-bond donors (Lipinski definition) is 1. The van der Waals surface area contributed by atoms with E-state index in [4.69, 9.17) is 9.84 Å². The van der Waals surface area contributed by atoms with Gasteiger partial charge in [-0.2, -0.15) is 0 Å². The molecule has 0 bridgehead atoms. The zero-order chi connectivity index (χ0) is 22.6. The Morgan fingerprint density at radius 3 is 1.75 bits per heavy atom. The van der Waals surface area contributed by atoms with E-state index in [0.29, 0.717) is 18.4 Å². The van der Waals surface area contributed by atoms with Gasteiger partial charge in [-0.15, -0.1) is 0 Å². The van der Waals surface area contributed by atoms with Crippen LogP contribution in [0.15, 0.2) is 78.9 Å². The molecule has 0 aromatic heterocycles. The van der Waals surface area contributed by atoms with Gasteiger partial charge >= 0.3 is 0 Å². The van der Waals surface area contributed by atoms with Crippen LogP contribution in [-0.2, 0) is 13.2 Å². The summed E-state index contributed by atoms with van der Waals surface area (Å²) in [6.07, 6.45) is 7.49. The van der Waals surface area contributed by atoms with Crippen molar-refractivity contribution in [3.05, 3.63) is 101 Å². The van der Waals surface area contributed by atoms with Crippen molar-refractivity contribution in [2.24, 2.45) is 0 Å². The molecule has 3 rings (SSSR count). The molecule has 0 saturated heterocycles. The average Bonchev–Trinajstić information content (AvgIpc) is 2.86. The summed E-state index contributed by atoms with van der Waals surface area (Å²) < 4.78 is 5.89. The summed E-state index contributed by atoms with van der Waals surface area (Å²) in [6.45, 7) is 5.22. The van der Waals surface area contributed by atoms with Crippen molar-refractivity contribution in [3.8, 4) is 5.75 Å². The molecule has 0 aliphatic carbocycles. The summed E-state index contributed by atoms with van der Waals surface area (Å²) >= 11 is 0. The van der Waals surface area contributed by atoms with Crippen molar-refractivity contribution in [1.82, 2.24) is 0 Å². The molecule has 0 aliphatic heterocycles. The Labute approximate surface area is 223 Å². The van der Waals surface area contributed by atoms with E-state index in [0.717, 1.165) is 11.3 Å². The zero-order valence-electron chi connectivity index (χ0n) is 19.7. The van der Waals surface area contributed by atoms with Crippen molar-refractivity contribution in [2.75, 3.05) is 0 Å².